The van der Waals surface area contributed by atoms with Crippen molar-refractivity contribution in [1.82, 2.24) is 14.5 Å². The smallest absolute Gasteiger partial charge is 0.394 e. The van der Waals surface area contributed by atoms with Crippen LogP contribution >= 0.6 is 7.82 Å². The number of hydrogen-bond donors (Lipinski definition) is 5. The molecule has 1 aliphatic heterocycles. The number of hydrogen-bond acceptors (Lipinski definition) is 6. The lowest BCUT2D eigenvalue weighted by Gasteiger charge is -2.16. The summed E-state index contributed by atoms with van der Waals surface area (Å²) >= 11 is 0. The summed E-state index contributed by atoms with van der Waals surface area (Å²) in [6, 6.07) is 0. The molecule has 2 aromatic heterocycles. The fourth-order valence-corrected chi connectivity index (χ4v) is 3.40. The zero-order valence-electron chi connectivity index (χ0n) is 12.4. The van der Waals surface area contributed by atoms with Gasteiger partial charge in [0.2, 0.25) is 12.6 Å². The second kappa shape index (κ2) is 5.92. The van der Waals surface area contributed by atoms with E-state index in [4.69, 9.17) is 14.5 Å². The molecule has 5 N–H and O–H groups in total. The fourth-order valence-electron chi connectivity index (χ4n) is 2.82. The molecule has 0 amide bonds. The minimum Gasteiger partial charge on any atom is -0.394 e. The van der Waals surface area contributed by atoms with E-state index >= 15 is 0 Å². The van der Waals surface area contributed by atoms with Crippen molar-refractivity contribution in [2.45, 2.75) is 24.9 Å². The van der Waals surface area contributed by atoms with Crippen LogP contribution in [0, 0.1) is 0 Å². The molecule has 132 valence electrons. The van der Waals surface area contributed by atoms with Crippen molar-refractivity contribution in [1.29, 1.82) is 0 Å². The molecular weight excluding hydrogens is 347 g/mol. The maximum Gasteiger partial charge on any atom is 0.469 e. The second-order valence-corrected chi connectivity index (χ2v) is 6.61. The Morgan fingerprint density at radius 1 is 1.46 bits per heavy atom. The summed E-state index contributed by atoms with van der Waals surface area (Å²) in [5.41, 5.74) is -0.912. The Morgan fingerprint density at radius 2 is 2.17 bits per heavy atom. The van der Waals surface area contributed by atoms with Crippen LogP contribution in [0.1, 0.15) is 12.6 Å². The first kappa shape index (κ1) is 17.0. The molecule has 2 aromatic rings. The van der Waals surface area contributed by atoms with E-state index in [-0.39, 0.29) is 17.6 Å². The first-order valence-corrected chi connectivity index (χ1v) is 8.45. The highest BCUT2D eigenvalue weighted by Gasteiger charge is 2.43. The minimum atomic E-state index is -4.76. The van der Waals surface area contributed by atoms with Crippen molar-refractivity contribution < 1.29 is 33.3 Å². The Bertz CT molecular complexity index is 926. The van der Waals surface area contributed by atoms with E-state index in [1.165, 1.54) is 15.5 Å². The Morgan fingerprint density at radius 3 is 2.79 bits per heavy atom. The maximum atomic E-state index is 11.9. The Hall–Kier alpha value is -1.82. The molecule has 3 rings (SSSR count). The summed E-state index contributed by atoms with van der Waals surface area (Å²) in [5.74, 6) is 0. The number of nitrogens with zero attached hydrogens (tertiary/aromatic N) is 2. The summed E-state index contributed by atoms with van der Waals surface area (Å²) in [6.07, 6.45) is -1.29. The van der Waals surface area contributed by atoms with Crippen LogP contribution in [0.25, 0.3) is 11.2 Å². The van der Waals surface area contributed by atoms with Gasteiger partial charge in [-0.1, -0.05) is 0 Å². The second-order valence-electron chi connectivity index (χ2n) is 5.42. The van der Waals surface area contributed by atoms with E-state index < -0.39 is 44.1 Å². The molecule has 1 fully saturated rings. The van der Waals surface area contributed by atoms with Crippen LogP contribution in [0.4, 0.5) is 0 Å². The Kier molecular flexibility index (Phi) is 4.20. The van der Waals surface area contributed by atoms with E-state index in [1.54, 1.807) is 7.05 Å². The quantitative estimate of drug-likeness (QED) is 0.295. The third kappa shape index (κ3) is 3.07. The fraction of sp³-hybridized carbons (Fsp3) is 0.545. The normalized spacial score (nSPS) is 24.8. The number of fused-ring (bicyclic) bond motifs is 1. The highest BCUT2D eigenvalue weighted by Crippen LogP contribution is 2.43. The molecule has 0 aromatic carbocycles. The summed E-state index contributed by atoms with van der Waals surface area (Å²) in [4.78, 5) is 45.9. The number of aromatic amines is 2. The van der Waals surface area contributed by atoms with Crippen LogP contribution in [-0.2, 0) is 20.9 Å². The lowest BCUT2D eigenvalue weighted by molar-refractivity contribution is -0.646. The molecule has 0 unspecified atom stereocenters. The Labute approximate surface area is 133 Å². The number of nitrogens with one attached hydrogen (secondary N) is 2. The lowest BCUT2D eigenvalue weighted by atomic mass is 10.2. The minimum absolute atomic E-state index is 0.00888. The zero-order chi connectivity index (χ0) is 17.6. The predicted molar refractivity (Wildman–Crippen MR) is 76.9 cm³/mol. The van der Waals surface area contributed by atoms with Crippen LogP contribution < -0.4 is 15.8 Å². The van der Waals surface area contributed by atoms with Gasteiger partial charge in [0, 0.05) is 6.42 Å². The molecule has 0 aliphatic carbocycles. The molecule has 1 saturated heterocycles. The molecule has 0 bridgehead atoms. The van der Waals surface area contributed by atoms with Crippen molar-refractivity contribution in [2.75, 3.05) is 6.61 Å². The van der Waals surface area contributed by atoms with Gasteiger partial charge in [-0.3, -0.25) is 19.3 Å². The van der Waals surface area contributed by atoms with Crippen LogP contribution in [0.5, 0.6) is 0 Å². The molecule has 0 saturated carbocycles. The predicted octanol–water partition coefficient (Wildman–Crippen LogP) is -2.40. The maximum absolute atomic E-state index is 11.9. The first-order valence-electron chi connectivity index (χ1n) is 6.92. The largest absolute Gasteiger partial charge is 0.469 e. The summed E-state index contributed by atoms with van der Waals surface area (Å²) in [7, 11) is -3.17. The average molecular weight is 363 g/mol. The highest BCUT2D eigenvalue weighted by atomic mass is 31.2. The first-order chi connectivity index (χ1) is 11.2. The molecule has 3 heterocycles. The summed E-state index contributed by atoms with van der Waals surface area (Å²) in [6.45, 7) is -0.510. The van der Waals surface area contributed by atoms with Crippen molar-refractivity contribution >= 4 is 19.0 Å². The van der Waals surface area contributed by atoms with Gasteiger partial charge in [-0.25, -0.2) is 13.9 Å². The zero-order valence-corrected chi connectivity index (χ0v) is 13.3. The molecule has 0 radical (unpaired) electrons. The van der Waals surface area contributed by atoms with E-state index in [1.807, 2.05) is 0 Å². The van der Waals surface area contributed by atoms with E-state index in [2.05, 4.69) is 14.5 Å². The van der Waals surface area contributed by atoms with Crippen molar-refractivity contribution in [2.24, 2.45) is 7.05 Å². The molecule has 1 aliphatic rings. The third-order valence-electron chi connectivity index (χ3n) is 3.75. The standard InChI is InChI=1S/C11H15N4O8P/c1-14-4-15(9-8(14)10(17)13-11(18)12-9)7-2-5(6(3-16)22-7)23-24(19,20)21/h4-7,16H,2-3H2,1H3,(H3-,12,13,17,18,19,20,21)/p+1/t5-,6+,7+/m0/s1. The number of aliphatic hydroxyl groups is 1. The molecule has 24 heavy (non-hydrogen) atoms. The number of ether oxygens (including phenoxy) is 1. The number of phosphoric acid groups is 1. The molecule has 12 nitrogen and oxygen atoms in total. The van der Waals surface area contributed by atoms with Crippen molar-refractivity contribution in [3.8, 4) is 0 Å². The van der Waals surface area contributed by atoms with E-state index in [9.17, 15) is 19.3 Å². The number of phosphoric ester groups is 1. The van der Waals surface area contributed by atoms with Crippen molar-refractivity contribution in [3.63, 3.8) is 0 Å². The monoisotopic (exact) mass is 363 g/mol. The number of rotatable bonds is 4. The van der Waals surface area contributed by atoms with Gasteiger partial charge in [-0.05, 0) is 0 Å². The molecular formula is C11H16N4O8P+. The number of aryl methyl sites for hydroxylation is 1. The molecule has 13 heteroatoms. The van der Waals surface area contributed by atoms with Crippen LogP contribution in [0.3, 0.4) is 0 Å². The van der Waals surface area contributed by atoms with Gasteiger partial charge in [-0.15, -0.1) is 0 Å². The van der Waals surface area contributed by atoms with Gasteiger partial charge in [-0.2, -0.15) is 4.57 Å². The topological polar surface area (TPSA) is 171 Å². The summed E-state index contributed by atoms with van der Waals surface area (Å²) in [5, 5.41) is 9.32. The summed E-state index contributed by atoms with van der Waals surface area (Å²) < 4.78 is 24.1. The van der Waals surface area contributed by atoms with Crippen LogP contribution in [-0.4, -0.2) is 48.2 Å². The van der Waals surface area contributed by atoms with Crippen LogP contribution in [0.15, 0.2) is 15.9 Å². The van der Waals surface area contributed by atoms with Gasteiger partial charge in [0.25, 0.3) is 11.2 Å². The lowest BCUT2D eigenvalue weighted by Crippen LogP contribution is -2.33. The molecule has 3 atom stereocenters. The van der Waals surface area contributed by atoms with Gasteiger partial charge < -0.3 is 19.6 Å². The van der Waals surface area contributed by atoms with Gasteiger partial charge >= 0.3 is 19.1 Å². The van der Waals surface area contributed by atoms with E-state index in [0.29, 0.717) is 0 Å². The highest BCUT2D eigenvalue weighted by molar-refractivity contribution is 7.46. The van der Waals surface area contributed by atoms with E-state index in [0.717, 1.165) is 0 Å². The van der Waals surface area contributed by atoms with Crippen molar-refractivity contribution in [3.05, 3.63) is 27.2 Å². The molecule has 0 spiro atoms. The third-order valence-corrected chi connectivity index (χ3v) is 4.30. The number of aliphatic hydroxyl groups excluding tert-OH is 1. The van der Waals surface area contributed by atoms with Gasteiger partial charge in [0.15, 0.2) is 0 Å². The van der Waals surface area contributed by atoms with Gasteiger partial charge in [0.1, 0.15) is 12.2 Å². The van der Waals surface area contributed by atoms with Gasteiger partial charge in [0.05, 0.1) is 13.7 Å². The number of imidazole rings is 1. The average Bonchev–Trinajstić information content (AvgIpc) is 2.98. The SMILES string of the molecule is C[n+]1cn([C@H]2C[C@H](OP(=O)(O)O)[C@@H](CO)O2)c2[nH]c(=O)[nH]c(=O)c21. The van der Waals surface area contributed by atoms with Crippen LogP contribution in [0.2, 0.25) is 0 Å². The number of H-pyrrole nitrogens is 2. The Balaban J connectivity index is 2.01. The number of aromatic nitrogens is 4.